The molecule has 1 aliphatic heterocycles. The van der Waals surface area contributed by atoms with Gasteiger partial charge in [-0.1, -0.05) is 18.2 Å². The lowest BCUT2D eigenvalue weighted by Gasteiger charge is -2.54. The number of ketones is 1. The molecule has 4 nitrogen and oxygen atoms in total. The van der Waals surface area contributed by atoms with Crippen molar-refractivity contribution < 1.29 is 19.1 Å². The second-order valence-electron chi connectivity index (χ2n) is 10.3. The van der Waals surface area contributed by atoms with Crippen LogP contribution >= 0.6 is 0 Å². The predicted octanol–water partition coefficient (Wildman–Crippen LogP) is 5.07. The van der Waals surface area contributed by atoms with E-state index in [0.717, 1.165) is 30.4 Å². The van der Waals surface area contributed by atoms with Gasteiger partial charge in [-0.05, 0) is 75.5 Å². The first-order valence-electron chi connectivity index (χ1n) is 12.2. The van der Waals surface area contributed by atoms with E-state index in [0.29, 0.717) is 35.4 Å². The topological polar surface area (TPSA) is 52.6 Å². The number of fused-ring (bicyclic) bond motifs is 1. The SMILES string of the molecule is O=C(COc1ccc([S+]2CCCCC2)c2ccccc12)OC12CC3CC(C1)C(=O)C(C3)C2. The summed E-state index contributed by atoms with van der Waals surface area (Å²) in [6, 6.07) is 12.7. The molecule has 2 atom stereocenters. The Kier molecular flexibility index (Phi) is 5.20. The summed E-state index contributed by atoms with van der Waals surface area (Å²) in [6.07, 6.45) is 8.31. The van der Waals surface area contributed by atoms with Gasteiger partial charge in [-0.25, -0.2) is 4.79 Å². The van der Waals surface area contributed by atoms with Gasteiger partial charge in [0.05, 0.1) is 0 Å². The molecule has 168 valence electrons. The molecule has 1 heterocycles. The zero-order valence-corrected chi connectivity index (χ0v) is 19.3. The Morgan fingerprint density at radius 1 is 0.938 bits per heavy atom. The van der Waals surface area contributed by atoms with Gasteiger partial charge in [-0.2, -0.15) is 0 Å². The highest BCUT2D eigenvalue weighted by molar-refractivity contribution is 7.97. The van der Waals surface area contributed by atoms with Crippen LogP contribution in [0.3, 0.4) is 0 Å². The lowest BCUT2D eigenvalue weighted by molar-refractivity contribution is -0.190. The summed E-state index contributed by atoms with van der Waals surface area (Å²) < 4.78 is 12.1. The van der Waals surface area contributed by atoms with Gasteiger partial charge in [0.25, 0.3) is 0 Å². The summed E-state index contributed by atoms with van der Waals surface area (Å²) in [6.45, 7) is -0.0786. The first kappa shape index (κ1) is 20.6. The standard InChI is InChI=1S/C27H31O4S/c28-25(31-27-14-18-12-19(15-27)26(29)20(13-18)16-27)17-30-23-8-9-24(32-10-4-1-5-11-32)22-7-3-2-6-21(22)23/h2-3,6-9,18-20H,1,4-5,10-17H2/q+1. The van der Waals surface area contributed by atoms with Crippen molar-refractivity contribution in [2.24, 2.45) is 17.8 Å². The molecule has 4 aliphatic carbocycles. The molecule has 2 aromatic carbocycles. The summed E-state index contributed by atoms with van der Waals surface area (Å²) >= 11 is 0. The van der Waals surface area contributed by atoms with Crippen LogP contribution in [0.15, 0.2) is 41.3 Å². The third-order valence-electron chi connectivity index (χ3n) is 8.05. The molecule has 0 radical (unpaired) electrons. The zero-order chi connectivity index (χ0) is 21.7. The fourth-order valence-electron chi connectivity index (χ4n) is 6.88. The monoisotopic (exact) mass is 451 g/mol. The molecular formula is C27H31O4S+. The molecule has 32 heavy (non-hydrogen) atoms. The Morgan fingerprint density at radius 2 is 1.66 bits per heavy atom. The summed E-state index contributed by atoms with van der Waals surface area (Å²) in [4.78, 5) is 26.7. The average Bonchev–Trinajstić information content (AvgIpc) is 2.80. The van der Waals surface area contributed by atoms with Gasteiger partial charge in [0.15, 0.2) is 11.5 Å². The van der Waals surface area contributed by atoms with Crippen LogP contribution in [0, 0.1) is 17.8 Å². The quantitative estimate of drug-likeness (QED) is 0.470. The van der Waals surface area contributed by atoms with Crippen LogP contribution in [0.5, 0.6) is 5.75 Å². The third-order valence-corrected chi connectivity index (χ3v) is 10.6. The second-order valence-corrected chi connectivity index (χ2v) is 12.5. The third kappa shape index (κ3) is 3.63. The van der Waals surface area contributed by atoms with Crippen molar-refractivity contribution in [2.75, 3.05) is 18.1 Å². The Balaban J connectivity index is 1.16. The van der Waals surface area contributed by atoms with E-state index in [1.54, 1.807) is 0 Å². The number of Topliss-reactive ketones (excluding diaryl/α,β-unsaturated/α-hetero) is 1. The van der Waals surface area contributed by atoms with Gasteiger partial charge in [0.1, 0.15) is 28.6 Å². The number of hydrogen-bond donors (Lipinski definition) is 0. The molecule has 0 amide bonds. The van der Waals surface area contributed by atoms with E-state index in [4.69, 9.17) is 9.47 Å². The van der Waals surface area contributed by atoms with E-state index >= 15 is 0 Å². The van der Waals surface area contributed by atoms with Crippen molar-refractivity contribution >= 4 is 33.4 Å². The summed E-state index contributed by atoms with van der Waals surface area (Å²) in [5.41, 5.74) is -0.432. The molecule has 2 aromatic rings. The van der Waals surface area contributed by atoms with Crippen molar-refractivity contribution in [3.63, 3.8) is 0 Å². The fourth-order valence-corrected chi connectivity index (χ4v) is 9.38. The van der Waals surface area contributed by atoms with Crippen LogP contribution in [-0.2, 0) is 25.2 Å². The maximum absolute atomic E-state index is 12.8. The molecule has 0 N–H and O–H groups in total. The van der Waals surface area contributed by atoms with Gasteiger partial charge < -0.3 is 9.47 Å². The minimum atomic E-state index is -0.432. The zero-order valence-electron chi connectivity index (χ0n) is 18.5. The number of esters is 1. The molecule has 1 saturated heterocycles. The first-order valence-corrected chi connectivity index (χ1v) is 13.7. The Morgan fingerprint density at radius 3 is 2.41 bits per heavy atom. The molecular weight excluding hydrogens is 420 g/mol. The van der Waals surface area contributed by atoms with Crippen LogP contribution in [0.4, 0.5) is 0 Å². The number of ether oxygens (including phenoxy) is 2. The van der Waals surface area contributed by atoms with E-state index in [1.165, 1.54) is 41.0 Å². The summed E-state index contributed by atoms with van der Waals surface area (Å²) in [5.74, 6) is 4.17. The predicted molar refractivity (Wildman–Crippen MR) is 126 cm³/mol. The van der Waals surface area contributed by atoms with E-state index in [-0.39, 0.29) is 24.4 Å². The highest BCUT2D eigenvalue weighted by Gasteiger charge is 2.57. The molecule has 0 spiro atoms. The minimum absolute atomic E-state index is 0.0786. The maximum atomic E-state index is 12.8. The number of carbonyl (C=O) groups excluding carboxylic acids is 2. The molecule has 0 aromatic heterocycles. The minimum Gasteiger partial charge on any atom is -0.481 e. The molecule has 4 saturated carbocycles. The van der Waals surface area contributed by atoms with Crippen LogP contribution in [0.2, 0.25) is 0 Å². The van der Waals surface area contributed by atoms with E-state index < -0.39 is 5.60 Å². The number of rotatable bonds is 5. The lowest BCUT2D eigenvalue weighted by atomic mass is 9.53. The molecule has 7 rings (SSSR count). The Labute approximate surface area is 192 Å². The highest BCUT2D eigenvalue weighted by Crippen LogP contribution is 2.55. The van der Waals surface area contributed by atoms with E-state index in [9.17, 15) is 9.59 Å². The van der Waals surface area contributed by atoms with Crippen molar-refractivity contribution in [3.05, 3.63) is 36.4 Å². The molecule has 5 fully saturated rings. The Bertz CT molecular complexity index is 1040. The number of hydrogen-bond acceptors (Lipinski definition) is 4. The van der Waals surface area contributed by atoms with Crippen LogP contribution in [0.1, 0.15) is 51.4 Å². The van der Waals surface area contributed by atoms with Crippen LogP contribution in [-0.4, -0.2) is 35.5 Å². The van der Waals surface area contributed by atoms with E-state index in [2.05, 4.69) is 24.3 Å². The smallest absolute Gasteiger partial charge is 0.344 e. The molecule has 4 bridgehead atoms. The number of benzene rings is 2. The van der Waals surface area contributed by atoms with Crippen LogP contribution in [0.25, 0.3) is 10.8 Å². The normalized spacial score (nSPS) is 31.8. The van der Waals surface area contributed by atoms with Crippen LogP contribution < -0.4 is 4.74 Å². The van der Waals surface area contributed by atoms with Gasteiger partial charge in [0.2, 0.25) is 0 Å². The Hall–Kier alpha value is -2.01. The first-order chi connectivity index (χ1) is 15.6. The van der Waals surface area contributed by atoms with Gasteiger partial charge in [-0.15, -0.1) is 0 Å². The van der Waals surface area contributed by atoms with Crippen molar-refractivity contribution in [3.8, 4) is 5.75 Å². The maximum Gasteiger partial charge on any atom is 0.344 e. The molecule has 2 unspecified atom stereocenters. The fraction of sp³-hybridized carbons (Fsp3) is 0.556. The number of carbonyl (C=O) groups is 2. The van der Waals surface area contributed by atoms with Gasteiger partial charge in [-0.3, -0.25) is 4.79 Å². The van der Waals surface area contributed by atoms with Gasteiger partial charge >= 0.3 is 5.97 Å². The average molecular weight is 452 g/mol. The second kappa shape index (κ2) is 8.09. The van der Waals surface area contributed by atoms with Crippen molar-refractivity contribution in [1.82, 2.24) is 0 Å². The lowest BCUT2D eigenvalue weighted by Crippen LogP contribution is -2.57. The molecule has 5 aliphatic rings. The summed E-state index contributed by atoms with van der Waals surface area (Å²) in [5, 5.41) is 2.33. The van der Waals surface area contributed by atoms with Crippen molar-refractivity contribution in [2.45, 2.75) is 61.9 Å². The largest absolute Gasteiger partial charge is 0.481 e. The molecule has 5 heteroatoms. The van der Waals surface area contributed by atoms with E-state index in [1.807, 2.05) is 12.1 Å². The van der Waals surface area contributed by atoms with Crippen molar-refractivity contribution in [1.29, 1.82) is 0 Å². The van der Waals surface area contributed by atoms with Gasteiger partial charge in [0, 0.05) is 33.5 Å². The highest BCUT2D eigenvalue weighted by atomic mass is 32.2. The summed E-state index contributed by atoms with van der Waals surface area (Å²) in [7, 11) is 0.311.